The molecule has 0 aliphatic rings. The molecule has 0 saturated heterocycles. The number of methoxy groups -OCH3 is 1. The van der Waals surface area contributed by atoms with Crippen LogP contribution in [0.3, 0.4) is 0 Å². The summed E-state index contributed by atoms with van der Waals surface area (Å²) in [5.41, 5.74) is 6.37. The molecule has 16 heavy (non-hydrogen) atoms. The third kappa shape index (κ3) is 8.08. The minimum absolute atomic E-state index is 0.0773. The normalized spacial score (nSPS) is 16.1. The molecule has 0 aromatic carbocycles. The summed E-state index contributed by atoms with van der Waals surface area (Å²) in [7, 11) is 1.75. The number of hydrogen-bond acceptors (Lipinski definition) is 3. The Balaban J connectivity index is 3.78. The van der Waals surface area contributed by atoms with E-state index in [-0.39, 0.29) is 11.0 Å². The van der Waals surface area contributed by atoms with Gasteiger partial charge in [0.1, 0.15) is 0 Å². The Hall–Kier alpha value is -0.120. The molecule has 3 heteroatoms. The van der Waals surface area contributed by atoms with E-state index in [0.717, 1.165) is 39.0 Å². The molecule has 0 saturated carbocycles. The molecule has 0 aromatic heterocycles. The fourth-order valence-electron chi connectivity index (χ4n) is 1.81. The van der Waals surface area contributed by atoms with Crippen LogP contribution in [0.2, 0.25) is 0 Å². The Labute approximate surface area is 101 Å². The molecule has 1 atom stereocenters. The van der Waals surface area contributed by atoms with Gasteiger partial charge in [-0.25, -0.2) is 0 Å². The van der Waals surface area contributed by atoms with Crippen molar-refractivity contribution in [2.75, 3.05) is 26.8 Å². The van der Waals surface area contributed by atoms with E-state index in [1.54, 1.807) is 7.11 Å². The summed E-state index contributed by atoms with van der Waals surface area (Å²) in [4.78, 5) is 0. The topological polar surface area (TPSA) is 47.3 Å². The second-order valence-electron chi connectivity index (χ2n) is 5.91. The van der Waals surface area contributed by atoms with E-state index in [1.165, 1.54) is 0 Å². The molecule has 0 spiro atoms. The smallest absolute Gasteiger partial charge is 0.0467 e. The fourth-order valence-corrected chi connectivity index (χ4v) is 1.81. The quantitative estimate of drug-likeness (QED) is 0.638. The summed E-state index contributed by atoms with van der Waals surface area (Å²) in [5, 5.41) is 3.48. The van der Waals surface area contributed by atoms with Crippen LogP contribution in [0.4, 0.5) is 0 Å². The van der Waals surface area contributed by atoms with E-state index in [9.17, 15) is 0 Å². The van der Waals surface area contributed by atoms with Gasteiger partial charge in [-0.3, -0.25) is 0 Å². The molecule has 98 valence electrons. The van der Waals surface area contributed by atoms with Gasteiger partial charge in [0, 0.05) is 32.3 Å². The third-order valence-corrected chi connectivity index (χ3v) is 2.94. The SMILES string of the molecule is CCCC(C)(N)CNCC(C)(C)CCOC. The first-order chi connectivity index (χ1) is 7.33. The third-order valence-electron chi connectivity index (χ3n) is 2.94. The Morgan fingerprint density at radius 1 is 1.12 bits per heavy atom. The van der Waals surface area contributed by atoms with Gasteiger partial charge in [0.2, 0.25) is 0 Å². The summed E-state index contributed by atoms with van der Waals surface area (Å²) >= 11 is 0. The molecule has 0 radical (unpaired) electrons. The maximum absolute atomic E-state index is 6.17. The second kappa shape index (κ2) is 7.25. The van der Waals surface area contributed by atoms with Gasteiger partial charge < -0.3 is 15.8 Å². The van der Waals surface area contributed by atoms with E-state index >= 15 is 0 Å². The average Bonchev–Trinajstić information content (AvgIpc) is 2.14. The number of ether oxygens (including phenoxy) is 1. The van der Waals surface area contributed by atoms with Gasteiger partial charge in [-0.2, -0.15) is 0 Å². The molecule has 0 fully saturated rings. The van der Waals surface area contributed by atoms with Gasteiger partial charge in [0.25, 0.3) is 0 Å². The van der Waals surface area contributed by atoms with Gasteiger partial charge in [-0.05, 0) is 25.2 Å². The van der Waals surface area contributed by atoms with Crippen molar-refractivity contribution >= 4 is 0 Å². The predicted octanol–water partition coefficient (Wildman–Crippen LogP) is 2.16. The Morgan fingerprint density at radius 2 is 1.75 bits per heavy atom. The van der Waals surface area contributed by atoms with Crippen LogP contribution in [0.1, 0.15) is 47.0 Å². The van der Waals surface area contributed by atoms with Gasteiger partial charge in [0.05, 0.1) is 0 Å². The summed E-state index contributed by atoms with van der Waals surface area (Å²) < 4.78 is 5.11. The number of rotatable bonds is 9. The number of hydrogen-bond donors (Lipinski definition) is 2. The average molecular weight is 230 g/mol. The van der Waals surface area contributed by atoms with Crippen molar-refractivity contribution in [1.29, 1.82) is 0 Å². The first kappa shape index (κ1) is 15.9. The molecule has 1 unspecified atom stereocenters. The first-order valence-electron chi connectivity index (χ1n) is 6.31. The lowest BCUT2D eigenvalue weighted by Gasteiger charge is -2.29. The molecular formula is C13H30N2O. The Morgan fingerprint density at radius 3 is 2.25 bits per heavy atom. The van der Waals surface area contributed by atoms with Gasteiger partial charge in [-0.15, -0.1) is 0 Å². The monoisotopic (exact) mass is 230 g/mol. The van der Waals surface area contributed by atoms with E-state index in [2.05, 4.69) is 33.0 Å². The second-order valence-corrected chi connectivity index (χ2v) is 5.91. The maximum atomic E-state index is 6.17. The largest absolute Gasteiger partial charge is 0.385 e. The Kier molecular flexibility index (Phi) is 7.20. The van der Waals surface area contributed by atoms with Crippen molar-refractivity contribution in [1.82, 2.24) is 5.32 Å². The highest BCUT2D eigenvalue weighted by Crippen LogP contribution is 2.19. The zero-order valence-electron chi connectivity index (χ0n) is 11.7. The van der Waals surface area contributed by atoms with Crippen LogP contribution in [0.5, 0.6) is 0 Å². The standard InChI is InChI=1S/C13H30N2O/c1-6-7-13(4,14)11-15-10-12(2,3)8-9-16-5/h15H,6-11,14H2,1-5H3. The van der Waals surface area contributed by atoms with Gasteiger partial charge in [0.15, 0.2) is 0 Å². The lowest BCUT2D eigenvalue weighted by molar-refractivity contribution is 0.149. The zero-order valence-corrected chi connectivity index (χ0v) is 11.7. The van der Waals surface area contributed by atoms with Crippen molar-refractivity contribution in [3.8, 4) is 0 Å². The van der Waals surface area contributed by atoms with Crippen LogP contribution in [0.25, 0.3) is 0 Å². The van der Waals surface area contributed by atoms with Crippen molar-refractivity contribution in [2.24, 2.45) is 11.1 Å². The minimum Gasteiger partial charge on any atom is -0.385 e. The highest BCUT2D eigenvalue weighted by Gasteiger charge is 2.20. The predicted molar refractivity (Wildman–Crippen MR) is 70.6 cm³/mol. The lowest BCUT2D eigenvalue weighted by Crippen LogP contribution is -2.47. The van der Waals surface area contributed by atoms with Crippen molar-refractivity contribution in [3.05, 3.63) is 0 Å². The molecule has 0 rings (SSSR count). The molecule has 3 N–H and O–H groups in total. The van der Waals surface area contributed by atoms with E-state index in [1.807, 2.05) is 0 Å². The zero-order chi connectivity index (χ0) is 12.7. The summed E-state index contributed by atoms with van der Waals surface area (Å²) in [6.07, 6.45) is 3.28. The molecule has 0 aromatic rings. The van der Waals surface area contributed by atoms with Crippen molar-refractivity contribution in [3.63, 3.8) is 0 Å². The molecule has 0 bridgehead atoms. The van der Waals surface area contributed by atoms with Gasteiger partial charge in [-0.1, -0.05) is 27.2 Å². The molecule has 3 nitrogen and oxygen atoms in total. The maximum Gasteiger partial charge on any atom is 0.0467 e. The minimum atomic E-state index is -0.0773. The van der Waals surface area contributed by atoms with Gasteiger partial charge >= 0.3 is 0 Å². The van der Waals surface area contributed by atoms with Crippen LogP contribution in [-0.4, -0.2) is 32.3 Å². The summed E-state index contributed by atoms with van der Waals surface area (Å²) in [5.74, 6) is 0. The van der Waals surface area contributed by atoms with Crippen molar-refractivity contribution in [2.45, 2.75) is 52.5 Å². The van der Waals surface area contributed by atoms with Crippen LogP contribution >= 0.6 is 0 Å². The van der Waals surface area contributed by atoms with E-state index in [0.29, 0.717) is 0 Å². The number of nitrogens with two attached hydrogens (primary N) is 1. The van der Waals surface area contributed by atoms with Crippen molar-refractivity contribution < 1.29 is 4.74 Å². The molecular weight excluding hydrogens is 200 g/mol. The fraction of sp³-hybridized carbons (Fsp3) is 1.00. The van der Waals surface area contributed by atoms with Crippen LogP contribution in [0, 0.1) is 5.41 Å². The molecule has 0 heterocycles. The summed E-state index contributed by atoms with van der Waals surface area (Å²) in [6, 6.07) is 0. The van der Waals surface area contributed by atoms with Crippen LogP contribution in [-0.2, 0) is 4.74 Å². The number of nitrogens with one attached hydrogen (secondary N) is 1. The summed E-state index contributed by atoms with van der Waals surface area (Å²) in [6.45, 7) is 11.5. The molecule has 0 amide bonds. The van der Waals surface area contributed by atoms with E-state index in [4.69, 9.17) is 10.5 Å². The molecule has 0 aliphatic heterocycles. The lowest BCUT2D eigenvalue weighted by atomic mass is 9.89. The first-order valence-corrected chi connectivity index (χ1v) is 6.31. The highest BCUT2D eigenvalue weighted by atomic mass is 16.5. The van der Waals surface area contributed by atoms with E-state index < -0.39 is 0 Å². The highest BCUT2D eigenvalue weighted by molar-refractivity contribution is 4.82. The Bertz CT molecular complexity index is 179. The van der Waals surface area contributed by atoms with Crippen LogP contribution < -0.4 is 11.1 Å². The molecule has 0 aliphatic carbocycles. The van der Waals surface area contributed by atoms with Crippen LogP contribution in [0.15, 0.2) is 0 Å².